The fraction of sp³-hybridized carbons (Fsp3) is 0.571. The number of fused-ring (bicyclic) bond motifs is 1. The van der Waals surface area contributed by atoms with Crippen LogP contribution in [0.5, 0.6) is 0 Å². The van der Waals surface area contributed by atoms with Crippen molar-refractivity contribution >= 4 is 60.5 Å². The summed E-state index contributed by atoms with van der Waals surface area (Å²) in [4.78, 5) is 44.9. The number of benzene rings is 1. The van der Waals surface area contributed by atoms with E-state index >= 15 is 0 Å². The van der Waals surface area contributed by atoms with Gasteiger partial charge in [0.25, 0.3) is 0 Å². The highest BCUT2D eigenvalue weighted by molar-refractivity contribution is 7.91. The number of nitrogens with zero attached hydrogens (tertiary/aromatic N) is 2. The third-order valence-corrected chi connectivity index (χ3v) is 10.2. The van der Waals surface area contributed by atoms with Gasteiger partial charge in [-0.05, 0) is 37.5 Å². The smallest absolute Gasteiger partial charge is 0.224 e. The molecule has 1 aliphatic rings. The fourth-order valence-electron chi connectivity index (χ4n) is 4.66. The van der Waals surface area contributed by atoms with Crippen molar-refractivity contribution in [3.05, 3.63) is 40.4 Å². The maximum atomic E-state index is 13.4. The third kappa shape index (κ3) is 9.48. The molecule has 0 aliphatic carbocycles. The van der Waals surface area contributed by atoms with Gasteiger partial charge >= 0.3 is 0 Å². The first-order valence-corrected chi connectivity index (χ1v) is 16.4. The van der Waals surface area contributed by atoms with Crippen LogP contribution in [0, 0.1) is 11.8 Å². The van der Waals surface area contributed by atoms with Crippen LogP contribution in [-0.4, -0.2) is 73.0 Å². The summed E-state index contributed by atoms with van der Waals surface area (Å²) in [5, 5.41) is 4.51. The van der Waals surface area contributed by atoms with Crippen molar-refractivity contribution in [1.82, 2.24) is 15.2 Å². The van der Waals surface area contributed by atoms with E-state index in [9.17, 15) is 22.8 Å². The highest BCUT2D eigenvalue weighted by atomic mass is 35.5. The van der Waals surface area contributed by atoms with Gasteiger partial charge in [0.2, 0.25) is 5.91 Å². The number of carbonyl (C=O) groups is 3. The van der Waals surface area contributed by atoms with Crippen molar-refractivity contribution in [3.63, 3.8) is 0 Å². The van der Waals surface area contributed by atoms with E-state index in [1.165, 1.54) is 18.3 Å². The molecule has 214 valence electrons. The average molecular weight is 596 g/mol. The Labute approximate surface area is 240 Å². The molecule has 3 atom stereocenters. The van der Waals surface area contributed by atoms with Gasteiger partial charge in [0.05, 0.1) is 32.6 Å². The molecule has 1 aromatic heterocycles. The predicted molar refractivity (Wildman–Crippen MR) is 157 cm³/mol. The topological polar surface area (TPSA) is 114 Å². The van der Waals surface area contributed by atoms with E-state index in [0.29, 0.717) is 43.1 Å². The SMILES string of the molecule is C=C(CN1CCS(=O)(=O)CC1)C(=O)CC[C@@H](NC(=O)[C@@H](CC(C)=O)Cc1nc2ccc(Cl)cc2s1)[C@@H](C)CC. The molecule has 39 heavy (non-hydrogen) atoms. The van der Waals surface area contributed by atoms with Crippen LogP contribution in [0.25, 0.3) is 10.2 Å². The van der Waals surface area contributed by atoms with Crippen LogP contribution < -0.4 is 5.32 Å². The Kier molecular flexibility index (Phi) is 11.2. The van der Waals surface area contributed by atoms with E-state index < -0.39 is 15.8 Å². The highest BCUT2D eigenvalue weighted by Crippen LogP contribution is 2.28. The molecule has 11 heteroatoms. The number of Topliss-reactive ketones (excluding diaryl/α,β-unsaturated/α-hetero) is 2. The van der Waals surface area contributed by atoms with Gasteiger partial charge in [-0.3, -0.25) is 14.5 Å². The number of hydrogen-bond donors (Lipinski definition) is 1. The molecule has 1 aliphatic heterocycles. The number of ketones is 2. The molecule has 0 unspecified atom stereocenters. The maximum Gasteiger partial charge on any atom is 0.224 e. The molecule has 8 nitrogen and oxygen atoms in total. The van der Waals surface area contributed by atoms with Crippen LogP contribution in [0.1, 0.15) is 51.5 Å². The normalized spacial score (nSPS) is 17.8. The lowest BCUT2D eigenvalue weighted by molar-refractivity contribution is -0.129. The molecule has 1 N–H and O–H groups in total. The number of thiazole rings is 1. The zero-order chi connectivity index (χ0) is 28.7. The van der Waals surface area contributed by atoms with Crippen molar-refractivity contribution in [3.8, 4) is 0 Å². The molecule has 0 bridgehead atoms. The molecule has 0 radical (unpaired) electrons. The minimum atomic E-state index is -2.99. The summed E-state index contributed by atoms with van der Waals surface area (Å²) in [5.74, 6) is -0.605. The van der Waals surface area contributed by atoms with Gasteiger partial charge in [-0.2, -0.15) is 0 Å². The Hall–Kier alpha value is -2.14. The summed E-state index contributed by atoms with van der Waals surface area (Å²) in [6, 6.07) is 5.23. The lowest BCUT2D eigenvalue weighted by Gasteiger charge is -2.28. The number of nitrogens with one attached hydrogen (secondary N) is 1. The second kappa shape index (κ2) is 14.0. The minimum Gasteiger partial charge on any atom is -0.353 e. The van der Waals surface area contributed by atoms with Gasteiger partial charge in [-0.1, -0.05) is 38.4 Å². The molecule has 1 amide bonds. The molecule has 2 heterocycles. The summed E-state index contributed by atoms with van der Waals surface area (Å²) >= 11 is 7.57. The Morgan fingerprint density at radius 3 is 2.56 bits per heavy atom. The van der Waals surface area contributed by atoms with E-state index in [1.807, 2.05) is 30.9 Å². The lowest BCUT2D eigenvalue weighted by atomic mass is 9.91. The van der Waals surface area contributed by atoms with Crippen LogP contribution in [0.4, 0.5) is 0 Å². The van der Waals surface area contributed by atoms with Gasteiger partial charge < -0.3 is 10.1 Å². The number of sulfone groups is 1. The first kappa shape index (κ1) is 31.4. The van der Waals surface area contributed by atoms with Crippen LogP contribution >= 0.6 is 22.9 Å². The average Bonchev–Trinajstić information content (AvgIpc) is 3.27. The number of amides is 1. The van der Waals surface area contributed by atoms with Crippen molar-refractivity contribution in [1.29, 1.82) is 0 Å². The number of aromatic nitrogens is 1. The number of rotatable bonds is 14. The summed E-state index contributed by atoms with van der Waals surface area (Å²) < 4.78 is 24.3. The second-order valence-corrected chi connectivity index (χ2v) is 14.4. The lowest BCUT2D eigenvalue weighted by Crippen LogP contribution is -2.44. The Balaban J connectivity index is 1.61. The molecule has 0 saturated carbocycles. The van der Waals surface area contributed by atoms with E-state index in [2.05, 4.69) is 16.9 Å². The van der Waals surface area contributed by atoms with Crippen molar-refractivity contribution < 1.29 is 22.8 Å². The Morgan fingerprint density at radius 2 is 1.92 bits per heavy atom. The molecular formula is C28H38ClN3O5S2. The van der Waals surface area contributed by atoms with Gasteiger partial charge in [-0.25, -0.2) is 13.4 Å². The van der Waals surface area contributed by atoms with Crippen LogP contribution in [0.2, 0.25) is 5.02 Å². The zero-order valence-corrected chi connectivity index (χ0v) is 25.3. The van der Waals surface area contributed by atoms with Gasteiger partial charge in [0.15, 0.2) is 15.6 Å². The zero-order valence-electron chi connectivity index (χ0n) is 22.9. The van der Waals surface area contributed by atoms with E-state index in [0.717, 1.165) is 21.6 Å². The number of carbonyl (C=O) groups excluding carboxylic acids is 3. The first-order chi connectivity index (χ1) is 18.4. The van der Waals surface area contributed by atoms with Crippen molar-refractivity contribution in [2.75, 3.05) is 31.1 Å². The van der Waals surface area contributed by atoms with E-state index in [4.69, 9.17) is 11.6 Å². The van der Waals surface area contributed by atoms with E-state index in [-0.39, 0.29) is 53.8 Å². The van der Waals surface area contributed by atoms with Crippen LogP contribution in [0.3, 0.4) is 0 Å². The summed E-state index contributed by atoms with van der Waals surface area (Å²) in [6.07, 6.45) is 1.96. The molecule has 1 fully saturated rings. The standard InChI is InChI=1S/C28H38ClN3O5S2/c1-5-18(2)23(8-9-25(34)19(3)17-32-10-12-39(36,37)13-11-32)31-28(35)21(14-20(4)33)15-27-30-24-7-6-22(29)16-26(24)38-27/h6-7,16,18,21,23H,3,5,8-15,17H2,1-2,4H3,(H,31,35)/t18-,21-,23+/m0/s1. The minimum absolute atomic E-state index is 0.0728. The molecule has 3 rings (SSSR count). The highest BCUT2D eigenvalue weighted by Gasteiger charge is 2.28. The van der Waals surface area contributed by atoms with Gasteiger partial charge in [-0.15, -0.1) is 11.3 Å². The maximum absolute atomic E-state index is 13.4. The quantitative estimate of drug-likeness (QED) is 0.325. The number of hydrogen-bond acceptors (Lipinski definition) is 8. The van der Waals surface area contributed by atoms with Crippen molar-refractivity contribution in [2.24, 2.45) is 11.8 Å². The predicted octanol–water partition coefficient (Wildman–Crippen LogP) is 4.25. The molecule has 0 spiro atoms. The van der Waals surface area contributed by atoms with E-state index in [1.54, 1.807) is 6.07 Å². The Morgan fingerprint density at radius 1 is 1.23 bits per heavy atom. The largest absolute Gasteiger partial charge is 0.353 e. The van der Waals surface area contributed by atoms with Crippen molar-refractivity contribution in [2.45, 2.75) is 58.9 Å². The molecule has 1 saturated heterocycles. The fourth-order valence-corrected chi connectivity index (χ4v) is 7.26. The summed E-state index contributed by atoms with van der Waals surface area (Å²) in [7, 11) is -2.99. The first-order valence-electron chi connectivity index (χ1n) is 13.4. The van der Waals surface area contributed by atoms with Gasteiger partial charge in [0.1, 0.15) is 5.78 Å². The molecular weight excluding hydrogens is 558 g/mol. The third-order valence-electron chi connectivity index (χ3n) is 7.31. The monoisotopic (exact) mass is 595 g/mol. The van der Waals surface area contributed by atoms with Crippen LogP contribution in [0.15, 0.2) is 30.4 Å². The summed E-state index contributed by atoms with van der Waals surface area (Å²) in [6.45, 7) is 10.6. The van der Waals surface area contributed by atoms with Gasteiger partial charge in [0, 0.05) is 55.5 Å². The Bertz CT molecular complexity index is 1310. The second-order valence-electron chi connectivity index (χ2n) is 10.5. The summed E-state index contributed by atoms with van der Waals surface area (Å²) in [5.41, 5.74) is 1.26. The molecule has 1 aromatic carbocycles. The number of halogens is 1. The van der Waals surface area contributed by atoms with Crippen LogP contribution in [-0.2, 0) is 30.6 Å². The molecule has 2 aromatic rings.